The van der Waals surface area contributed by atoms with Gasteiger partial charge in [-0.25, -0.2) is 0 Å². The van der Waals surface area contributed by atoms with Crippen LogP contribution in [0.1, 0.15) is 53.6 Å². The van der Waals surface area contributed by atoms with Gasteiger partial charge in [-0.1, -0.05) is 22.4 Å². The molecule has 0 aliphatic rings. The lowest BCUT2D eigenvalue weighted by Crippen LogP contribution is -2.29. The van der Waals surface area contributed by atoms with Gasteiger partial charge in [0.1, 0.15) is 11.8 Å². The van der Waals surface area contributed by atoms with E-state index in [9.17, 15) is 24.7 Å². The molecule has 0 unspecified atom stereocenters. The van der Waals surface area contributed by atoms with E-state index < -0.39 is 19.6 Å². The first-order valence-corrected chi connectivity index (χ1v) is 15.7. The maximum absolute atomic E-state index is 12.8. The van der Waals surface area contributed by atoms with Crippen LogP contribution in [0.15, 0.2) is 47.1 Å². The van der Waals surface area contributed by atoms with Gasteiger partial charge in [0, 0.05) is 33.6 Å². The molecule has 2 aromatic carbocycles. The predicted octanol–water partition coefficient (Wildman–Crippen LogP) is 4.47. The van der Waals surface area contributed by atoms with Gasteiger partial charge in [0.15, 0.2) is 0 Å². The number of aliphatic carboxylic acids is 1. The number of aromatic nitrogens is 1. The Labute approximate surface area is 257 Å². The van der Waals surface area contributed by atoms with Crippen LogP contribution in [0.5, 0.6) is 5.75 Å². The van der Waals surface area contributed by atoms with Crippen molar-refractivity contribution in [2.24, 2.45) is 11.5 Å². The Morgan fingerprint density at radius 1 is 1.16 bits per heavy atom. The first kappa shape index (κ1) is 35.4. The van der Waals surface area contributed by atoms with E-state index in [1.807, 2.05) is 0 Å². The van der Waals surface area contributed by atoms with Gasteiger partial charge in [0.05, 0.1) is 42.1 Å². The molecular weight excluding hydrogens is 641 g/mol. The molecule has 1 atom stereocenters. The molecule has 0 saturated carbocycles. The largest absolute Gasteiger partial charge is 0.496 e. The number of carbonyl (C=O) groups is 2. The quantitative estimate of drug-likeness (QED) is 0.102. The second kappa shape index (κ2) is 16.7. The minimum Gasteiger partial charge on any atom is -0.496 e. The third-order valence-electron chi connectivity index (χ3n) is 6.23. The molecule has 3 aromatic rings. The topological polar surface area (TPSA) is 226 Å². The number of benzene rings is 2. The monoisotopic (exact) mass is 673 g/mol. The van der Waals surface area contributed by atoms with E-state index in [4.69, 9.17) is 31.1 Å². The number of carbonyl (C=O) groups excluding carboxylic acids is 1. The van der Waals surface area contributed by atoms with E-state index in [-0.39, 0.29) is 30.5 Å². The summed E-state index contributed by atoms with van der Waals surface area (Å²) in [5.74, 6) is -0.791. The summed E-state index contributed by atoms with van der Waals surface area (Å²) in [7, 11) is -2.70. The minimum atomic E-state index is -4.19. The zero-order valence-corrected chi connectivity index (χ0v) is 25.9. The number of nitriles is 2. The summed E-state index contributed by atoms with van der Waals surface area (Å²) < 4.78 is 18.6. The number of hydrogen-bond acceptors (Lipinski definition) is 8. The van der Waals surface area contributed by atoms with Crippen molar-refractivity contribution in [1.82, 2.24) is 4.57 Å². The Kier molecular flexibility index (Phi) is 13.8. The number of unbranched alkanes of at least 4 members (excludes halogenated alkanes) is 1. The van der Waals surface area contributed by atoms with Crippen molar-refractivity contribution in [2.45, 2.75) is 38.1 Å². The lowest BCUT2D eigenvalue weighted by atomic mass is 10.0. The van der Waals surface area contributed by atoms with Gasteiger partial charge in [0.2, 0.25) is 5.91 Å². The van der Waals surface area contributed by atoms with Crippen LogP contribution in [0.25, 0.3) is 22.6 Å². The van der Waals surface area contributed by atoms with Gasteiger partial charge in [-0.15, -0.1) is 0 Å². The van der Waals surface area contributed by atoms with Crippen LogP contribution in [0.2, 0.25) is 0 Å². The highest BCUT2D eigenvalue weighted by Crippen LogP contribution is 2.36. The third kappa shape index (κ3) is 10.8. The van der Waals surface area contributed by atoms with E-state index in [1.54, 1.807) is 48.7 Å². The SMILES string of the molecule is COc1ccc(C#N)cc1/C=C(\C#N)c1cn(C(=O)CCCP(=O)(O)O)c2ccc(Br)cc12.NCCCC[C@H](N)C(=O)O. The second-order valence-corrected chi connectivity index (χ2v) is 12.1. The van der Waals surface area contributed by atoms with Crippen LogP contribution < -0.4 is 16.2 Å². The molecule has 0 saturated heterocycles. The molecule has 1 heterocycles. The Bertz CT molecular complexity index is 1620. The van der Waals surface area contributed by atoms with Crippen molar-refractivity contribution in [3.8, 4) is 17.9 Å². The molecule has 0 radical (unpaired) electrons. The lowest BCUT2D eigenvalue weighted by molar-refractivity contribution is -0.138. The van der Waals surface area contributed by atoms with Crippen LogP contribution >= 0.6 is 23.5 Å². The number of halogens is 1. The molecule has 0 amide bonds. The van der Waals surface area contributed by atoms with Crippen LogP contribution in [-0.4, -0.2) is 57.2 Å². The summed E-state index contributed by atoms with van der Waals surface area (Å²) in [6.07, 6.45) is 4.90. The molecule has 3 rings (SSSR count). The van der Waals surface area contributed by atoms with E-state index >= 15 is 0 Å². The number of fused-ring (bicyclic) bond motifs is 1. The molecule has 0 spiro atoms. The number of allylic oxidation sites excluding steroid dienone is 1. The number of ether oxygens (including phenoxy) is 1. The Hall–Kier alpha value is -3.81. The van der Waals surface area contributed by atoms with Crippen molar-refractivity contribution in [2.75, 3.05) is 19.8 Å². The standard InChI is InChI=1S/C23H19BrN3O5P.C6H14N2O2/c1-32-22-7-4-15(12-25)9-16(22)10-17(13-26)20-14-27(21-6-5-18(24)11-19(20)21)23(28)3-2-8-33(29,30)31;7-4-2-1-3-5(8)6(9)10/h4-7,9-11,14H,2-3,8H2,1H3,(H2,29,30,31);5H,1-4,7-8H2,(H,9,10)/b17-10+;/t;5-/m.0/s1. The van der Waals surface area contributed by atoms with Gasteiger partial charge in [-0.05, 0) is 68.3 Å². The summed E-state index contributed by atoms with van der Waals surface area (Å²) in [6, 6.07) is 13.7. The smallest absolute Gasteiger partial charge is 0.325 e. The Morgan fingerprint density at radius 3 is 2.47 bits per heavy atom. The van der Waals surface area contributed by atoms with Crippen molar-refractivity contribution >= 4 is 58.0 Å². The lowest BCUT2D eigenvalue weighted by Gasteiger charge is -2.06. The maximum Gasteiger partial charge on any atom is 0.325 e. The molecule has 228 valence electrons. The van der Waals surface area contributed by atoms with Crippen LogP contribution in [0, 0.1) is 22.7 Å². The second-order valence-electron chi connectivity index (χ2n) is 9.43. The molecule has 0 fully saturated rings. The van der Waals surface area contributed by atoms with Crippen LogP contribution in [-0.2, 0) is 9.36 Å². The van der Waals surface area contributed by atoms with Gasteiger partial charge in [0.25, 0.3) is 0 Å². The molecule has 43 heavy (non-hydrogen) atoms. The maximum atomic E-state index is 12.8. The normalized spacial score (nSPS) is 12.0. The Balaban J connectivity index is 0.000000553. The highest BCUT2D eigenvalue weighted by Gasteiger charge is 2.19. The van der Waals surface area contributed by atoms with Crippen molar-refractivity contribution in [1.29, 1.82) is 10.5 Å². The summed E-state index contributed by atoms with van der Waals surface area (Å²) in [6.45, 7) is 0.604. The average Bonchev–Trinajstić information content (AvgIpc) is 3.33. The number of carboxylic acid groups (broad SMARTS) is 1. The average molecular weight is 674 g/mol. The van der Waals surface area contributed by atoms with Gasteiger partial charge >= 0.3 is 13.6 Å². The molecule has 0 bridgehead atoms. The number of nitrogens with two attached hydrogens (primary N) is 2. The molecular formula is C29H33BrN5O7P. The van der Waals surface area contributed by atoms with Gasteiger partial charge < -0.3 is 31.1 Å². The molecule has 0 aliphatic carbocycles. The number of hydrogen-bond donors (Lipinski definition) is 5. The molecule has 0 aliphatic heterocycles. The number of carboxylic acids is 1. The van der Waals surface area contributed by atoms with Gasteiger partial charge in [-0.3, -0.25) is 18.7 Å². The number of methoxy groups -OCH3 is 1. The number of rotatable bonds is 12. The van der Waals surface area contributed by atoms with Crippen molar-refractivity contribution < 1.29 is 33.8 Å². The first-order valence-electron chi connectivity index (χ1n) is 13.1. The van der Waals surface area contributed by atoms with Crippen LogP contribution in [0.3, 0.4) is 0 Å². The van der Waals surface area contributed by atoms with Crippen molar-refractivity contribution in [3.05, 3.63) is 63.8 Å². The highest BCUT2D eigenvalue weighted by atomic mass is 79.9. The summed E-state index contributed by atoms with van der Waals surface area (Å²) in [5.41, 5.74) is 12.7. The number of nitrogens with zero attached hydrogens (tertiary/aromatic N) is 3. The zero-order chi connectivity index (χ0) is 32.2. The summed E-state index contributed by atoms with van der Waals surface area (Å²) in [5, 5.41) is 28.1. The summed E-state index contributed by atoms with van der Waals surface area (Å²) in [4.78, 5) is 41.1. The molecule has 7 N–H and O–H groups in total. The Morgan fingerprint density at radius 2 is 1.88 bits per heavy atom. The van der Waals surface area contributed by atoms with Crippen LogP contribution in [0.4, 0.5) is 0 Å². The van der Waals surface area contributed by atoms with Crippen molar-refractivity contribution in [3.63, 3.8) is 0 Å². The fourth-order valence-electron chi connectivity index (χ4n) is 4.05. The molecule has 1 aromatic heterocycles. The van der Waals surface area contributed by atoms with Gasteiger partial charge in [-0.2, -0.15) is 10.5 Å². The highest BCUT2D eigenvalue weighted by molar-refractivity contribution is 9.10. The zero-order valence-electron chi connectivity index (χ0n) is 23.4. The van der Waals surface area contributed by atoms with E-state index in [2.05, 4.69) is 28.1 Å². The third-order valence-corrected chi connectivity index (χ3v) is 7.62. The summed E-state index contributed by atoms with van der Waals surface area (Å²) >= 11 is 3.42. The fraction of sp³-hybridized carbons (Fsp3) is 0.310. The predicted molar refractivity (Wildman–Crippen MR) is 166 cm³/mol. The fourth-order valence-corrected chi connectivity index (χ4v) is 4.99. The van der Waals surface area contributed by atoms with E-state index in [0.717, 1.165) is 17.3 Å². The minimum absolute atomic E-state index is 0.0355. The first-order chi connectivity index (χ1) is 20.3. The molecule has 14 heteroatoms. The molecule has 12 nitrogen and oxygen atoms in total. The van der Waals surface area contributed by atoms with E-state index in [1.165, 1.54) is 11.7 Å². The van der Waals surface area contributed by atoms with E-state index in [0.29, 0.717) is 46.3 Å².